The summed E-state index contributed by atoms with van der Waals surface area (Å²) in [6, 6.07) is 18.4. The topological polar surface area (TPSA) is 76.1 Å². The van der Waals surface area contributed by atoms with E-state index >= 15 is 0 Å². The second-order valence-electron chi connectivity index (χ2n) is 8.09. The fraction of sp³-hybridized carbons (Fsp3) is 0.214. The smallest absolute Gasteiger partial charge is 0.300 e. The van der Waals surface area contributed by atoms with Gasteiger partial charge in [-0.3, -0.25) is 14.5 Å². The highest BCUT2D eigenvalue weighted by molar-refractivity contribution is 6.51. The van der Waals surface area contributed by atoms with Gasteiger partial charge in [-0.2, -0.15) is 0 Å². The first-order valence-electron chi connectivity index (χ1n) is 11.4. The Morgan fingerprint density at radius 3 is 2.43 bits per heavy atom. The summed E-state index contributed by atoms with van der Waals surface area (Å²) in [5, 5.41) is 11.7. The molecule has 0 aliphatic carbocycles. The minimum absolute atomic E-state index is 0.0186. The summed E-state index contributed by atoms with van der Waals surface area (Å²) in [4.78, 5) is 28.1. The van der Waals surface area contributed by atoms with Gasteiger partial charge in [-0.1, -0.05) is 35.9 Å². The Morgan fingerprint density at radius 2 is 1.71 bits per heavy atom. The second-order valence-corrected chi connectivity index (χ2v) is 8.50. The van der Waals surface area contributed by atoms with Gasteiger partial charge in [0.2, 0.25) is 0 Å². The van der Waals surface area contributed by atoms with Gasteiger partial charge in [0.1, 0.15) is 17.3 Å². The average Bonchev–Trinajstić information content (AvgIpc) is 3.11. The van der Waals surface area contributed by atoms with Gasteiger partial charge in [0, 0.05) is 11.3 Å². The van der Waals surface area contributed by atoms with Crippen molar-refractivity contribution in [2.24, 2.45) is 0 Å². The lowest BCUT2D eigenvalue weighted by atomic mass is 9.95. The molecule has 0 spiro atoms. The van der Waals surface area contributed by atoms with Crippen molar-refractivity contribution in [3.63, 3.8) is 0 Å². The number of ether oxygens (including phenoxy) is 2. The number of hydrogen-bond donors (Lipinski definition) is 1. The molecule has 1 saturated heterocycles. The van der Waals surface area contributed by atoms with E-state index in [1.165, 1.54) is 4.90 Å². The van der Waals surface area contributed by atoms with Crippen molar-refractivity contribution < 1.29 is 24.2 Å². The molecule has 1 heterocycles. The third-order valence-electron chi connectivity index (χ3n) is 5.71. The fourth-order valence-electron chi connectivity index (χ4n) is 4.21. The first kappa shape index (κ1) is 24.4. The van der Waals surface area contributed by atoms with E-state index in [-0.39, 0.29) is 11.3 Å². The lowest BCUT2D eigenvalue weighted by molar-refractivity contribution is -0.132. The molecule has 1 aliphatic rings. The fourth-order valence-corrected chi connectivity index (χ4v) is 4.38. The Labute approximate surface area is 209 Å². The molecule has 1 unspecified atom stereocenters. The predicted molar refractivity (Wildman–Crippen MR) is 136 cm³/mol. The highest BCUT2D eigenvalue weighted by Gasteiger charge is 2.47. The molecule has 1 aliphatic heterocycles. The van der Waals surface area contributed by atoms with E-state index in [0.29, 0.717) is 46.5 Å². The SMILES string of the molecule is CCOc1cccc(C2/C(=C(/O)c3ccc(Cl)c(OCC)c3)C(=O)C(=O)N2c2cccc(C)c2)c1. The zero-order valence-electron chi connectivity index (χ0n) is 19.7. The number of halogens is 1. The third-order valence-corrected chi connectivity index (χ3v) is 6.03. The molecular formula is C28H26ClNO5. The molecule has 0 aromatic heterocycles. The van der Waals surface area contributed by atoms with Crippen molar-refractivity contribution in [2.75, 3.05) is 18.1 Å². The van der Waals surface area contributed by atoms with Crippen LogP contribution in [0.25, 0.3) is 5.76 Å². The monoisotopic (exact) mass is 491 g/mol. The maximum absolute atomic E-state index is 13.4. The van der Waals surface area contributed by atoms with Crippen LogP contribution in [0.5, 0.6) is 11.5 Å². The maximum atomic E-state index is 13.4. The average molecular weight is 492 g/mol. The number of rotatable bonds is 7. The first-order valence-corrected chi connectivity index (χ1v) is 11.8. The summed E-state index contributed by atoms with van der Waals surface area (Å²) in [5.74, 6) is -0.819. The number of nitrogens with zero attached hydrogens (tertiary/aromatic N) is 1. The highest BCUT2D eigenvalue weighted by atomic mass is 35.5. The third kappa shape index (κ3) is 4.75. The number of Topliss-reactive ketones (excluding diaryl/α,β-unsaturated/α-hetero) is 1. The molecule has 0 radical (unpaired) electrons. The number of carbonyl (C=O) groups is 2. The zero-order chi connectivity index (χ0) is 25.1. The van der Waals surface area contributed by atoms with E-state index in [4.69, 9.17) is 21.1 Å². The predicted octanol–water partition coefficient (Wildman–Crippen LogP) is 6.07. The van der Waals surface area contributed by atoms with Crippen LogP contribution in [0.1, 0.15) is 36.6 Å². The van der Waals surface area contributed by atoms with Crippen molar-refractivity contribution >= 4 is 34.7 Å². The summed E-state index contributed by atoms with van der Waals surface area (Å²) >= 11 is 6.21. The van der Waals surface area contributed by atoms with Crippen LogP contribution in [0, 0.1) is 6.92 Å². The van der Waals surface area contributed by atoms with E-state index in [1.807, 2.05) is 45.0 Å². The Hall–Kier alpha value is -3.77. The molecule has 35 heavy (non-hydrogen) atoms. The molecule has 0 saturated carbocycles. The van der Waals surface area contributed by atoms with E-state index in [0.717, 1.165) is 5.56 Å². The molecular weight excluding hydrogens is 466 g/mol. The van der Waals surface area contributed by atoms with Crippen LogP contribution in [-0.2, 0) is 9.59 Å². The summed E-state index contributed by atoms with van der Waals surface area (Å²) in [7, 11) is 0. The van der Waals surface area contributed by atoms with Crippen molar-refractivity contribution in [2.45, 2.75) is 26.8 Å². The number of aryl methyl sites for hydroxylation is 1. The van der Waals surface area contributed by atoms with E-state index in [9.17, 15) is 14.7 Å². The van der Waals surface area contributed by atoms with Crippen LogP contribution in [0.3, 0.4) is 0 Å². The Morgan fingerprint density at radius 1 is 0.971 bits per heavy atom. The molecule has 1 amide bonds. The molecule has 3 aromatic rings. The molecule has 1 N–H and O–H groups in total. The summed E-state index contributed by atoms with van der Waals surface area (Å²) < 4.78 is 11.2. The largest absolute Gasteiger partial charge is 0.507 e. The van der Waals surface area contributed by atoms with Gasteiger partial charge in [0.05, 0.1) is 29.9 Å². The summed E-state index contributed by atoms with van der Waals surface area (Å²) in [5.41, 5.74) is 2.44. The Balaban J connectivity index is 1.94. The number of aliphatic hydroxyl groups is 1. The quantitative estimate of drug-likeness (QED) is 0.246. The van der Waals surface area contributed by atoms with Crippen molar-refractivity contribution in [3.8, 4) is 11.5 Å². The van der Waals surface area contributed by atoms with Crippen LogP contribution in [-0.4, -0.2) is 30.0 Å². The van der Waals surface area contributed by atoms with Crippen LogP contribution in [0.15, 0.2) is 72.3 Å². The molecule has 7 heteroatoms. The van der Waals surface area contributed by atoms with Crippen molar-refractivity contribution in [1.29, 1.82) is 0 Å². The number of ketones is 1. The number of hydrogen-bond acceptors (Lipinski definition) is 5. The molecule has 1 atom stereocenters. The molecule has 1 fully saturated rings. The van der Waals surface area contributed by atoms with Crippen LogP contribution < -0.4 is 14.4 Å². The second kappa shape index (κ2) is 10.2. The van der Waals surface area contributed by atoms with Gasteiger partial charge in [-0.15, -0.1) is 0 Å². The minimum atomic E-state index is -0.858. The summed E-state index contributed by atoms with van der Waals surface area (Å²) in [6.45, 7) is 6.45. The molecule has 6 nitrogen and oxygen atoms in total. The Bertz CT molecular complexity index is 1320. The Kier molecular flexibility index (Phi) is 7.12. The minimum Gasteiger partial charge on any atom is -0.507 e. The normalized spacial score (nSPS) is 17.0. The molecule has 4 rings (SSSR count). The van der Waals surface area contributed by atoms with E-state index in [2.05, 4.69) is 0 Å². The van der Waals surface area contributed by atoms with Crippen LogP contribution in [0.2, 0.25) is 5.02 Å². The van der Waals surface area contributed by atoms with Crippen LogP contribution in [0.4, 0.5) is 5.69 Å². The van der Waals surface area contributed by atoms with Gasteiger partial charge in [-0.05, 0) is 74.4 Å². The van der Waals surface area contributed by atoms with Gasteiger partial charge in [0.15, 0.2) is 0 Å². The number of carbonyl (C=O) groups excluding carboxylic acids is 2. The lowest BCUT2D eigenvalue weighted by Crippen LogP contribution is -2.29. The highest BCUT2D eigenvalue weighted by Crippen LogP contribution is 2.43. The number of anilines is 1. The van der Waals surface area contributed by atoms with Gasteiger partial charge in [-0.25, -0.2) is 0 Å². The van der Waals surface area contributed by atoms with E-state index in [1.54, 1.807) is 42.5 Å². The maximum Gasteiger partial charge on any atom is 0.300 e. The van der Waals surface area contributed by atoms with Gasteiger partial charge >= 0.3 is 0 Å². The molecule has 3 aromatic carbocycles. The van der Waals surface area contributed by atoms with Crippen LogP contribution >= 0.6 is 11.6 Å². The van der Waals surface area contributed by atoms with Crippen molar-refractivity contribution in [3.05, 3.63) is 94.0 Å². The standard InChI is InChI=1S/C28H26ClNO5/c1-4-34-21-11-7-9-18(15-21)25-24(26(31)19-12-13-22(29)23(16-19)35-5-2)27(32)28(33)30(25)20-10-6-8-17(3)14-20/h6-16,25,31H,4-5H2,1-3H3/b26-24-. The number of benzene rings is 3. The molecule has 0 bridgehead atoms. The van der Waals surface area contributed by atoms with Crippen molar-refractivity contribution in [1.82, 2.24) is 0 Å². The van der Waals surface area contributed by atoms with E-state index < -0.39 is 17.7 Å². The number of aliphatic hydroxyl groups excluding tert-OH is 1. The summed E-state index contributed by atoms with van der Waals surface area (Å²) in [6.07, 6.45) is 0. The van der Waals surface area contributed by atoms with Gasteiger partial charge in [0.25, 0.3) is 11.7 Å². The zero-order valence-corrected chi connectivity index (χ0v) is 20.5. The molecule has 180 valence electrons. The number of amides is 1. The lowest BCUT2D eigenvalue weighted by Gasteiger charge is -2.26. The first-order chi connectivity index (χ1) is 16.8. The van der Waals surface area contributed by atoms with Gasteiger partial charge < -0.3 is 14.6 Å².